The molecular formula is C19H30N2O. The maximum atomic E-state index is 12.3. The maximum absolute atomic E-state index is 12.3. The second-order valence-corrected chi connectivity index (χ2v) is 7.01. The third kappa shape index (κ3) is 4.57. The summed E-state index contributed by atoms with van der Waals surface area (Å²) >= 11 is 0. The number of benzene rings is 1. The molecule has 122 valence electrons. The molecule has 2 atom stereocenters. The van der Waals surface area contributed by atoms with Gasteiger partial charge in [-0.3, -0.25) is 4.79 Å². The molecule has 1 aliphatic rings. The lowest BCUT2D eigenvalue weighted by atomic mass is 9.99. The number of rotatable bonds is 5. The molecule has 1 aromatic carbocycles. The summed E-state index contributed by atoms with van der Waals surface area (Å²) in [7, 11) is 0. The first kappa shape index (κ1) is 17.0. The molecule has 0 aliphatic carbocycles. The fourth-order valence-electron chi connectivity index (χ4n) is 3.06. The van der Waals surface area contributed by atoms with E-state index in [-0.39, 0.29) is 11.9 Å². The molecule has 3 nitrogen and oxygen atoms in total. The molecule has 1 fully saturated rings. The zero-order chi connectivity index (χ0) is 16.1. The summed E-state index contributed by atoms with van der Waals surface area (Å²) in [5.41, 5.74) is 2.60. The molecule has 0 spiro atoms. The molecule has 3 heteroatoms. The van der Waals surface area contributed by atoms with Gasteiger partial charge in [0.25, 0.3) is 0 Å². The summed E-state index contributed by atoms with van der Waals surface area (Å²) in [5, 5.41) is 3.37. The molecule has 0 aromatic heterocycles. The lowest BCUT2D eigenvalue weighted by Gasteiger charge is -2.31. The van der Waals surface area contributed by atoms with Gasteiger partial charge >= 0.3 is 0 Å². The zero-order valence-corrected chi connectivity index (χ0v) is 14.4. The standard InChI is InChI=1S/C19H30N2O/c1-14(2)17-7-9-18(10-8-17)16(4)20-12-19(22)21-11-5-6-15(3)13-21/h7-10,14-16,20H,5-6,11-13H2,1-4H3. The number of amides is 1. The van der Waals surface area contributed by atoms with Crippen LogP contribution in [-0.4, -0.2) is 30.4 Å². The minimum Gasteiger partial charge on any atom is -0.341 e. The quantitative estimate of drug-likeness (QED) is 0.899. The molecule has 1 amide bonds. The van der Waals surface area contributed by atoms with Crippen molar-refractivity contribution in [3.63, 3.8) is 0 Å². The third-order valence-electron chi connectivity index (χ3n) is 4.67. The van der Waals surface area contributed by atoms with Crippen molar-refractivity contribution >= 4 is 5.91 Å². The van der Waals surface area contributed by atoms with Gasteiger partial charge in [-0.1, -0.05) is 45.0 Å². The van der Waals surface area contributed by atoms with Gasteiger partial charge < -0.3 is 10.2 Å². The normalized spacial score (nSPS) is 20.2. The second-order valence-electron chi connectivity index (χ2n) is 7.01. The first-order valence-corrected chi connectivity index (χ1v) is 8.58. The second kappa shape index (κ2) is 7.77. The van der Waals surface area contributed by atoms with Gasteiger partial charge in [0.15, 0.2) is 0 Å². The lowest BCUT2D eigenvalue weighted by Crippen LogP contribution is -2.43. The molecule has 1 N–H and O–H groups in total. The highest BCUT2D eigenvalue weighted by Crippen LogP contribution is 2.19. The summed E-state index contributed by atoms with van der Waals surface area (Å²) in [6.07, 6.45) is 2.38. The highest BCUT2D eigenvalue weighted by Gasteiger charge is 2.21. The summed E-state index contributed by atoms with van der Waals surface area (Å²) in [4.78, 5) is 14.3. The van der Waals surface area contributed by atoms with Gasteiger partial charge in [-0.2, -0.15) is 0 Å². The Morgan fingerprint density at radius 3 is 2.45 bits per heavy atom. The highest BCUT2D eigenvalue weighted by molar-refractivity contribution is 5.78. The molecule has 1 heterocycles. The van der Waals surface area contributed by atoms with Crippen LogP contribution in [0.1, 0.15) is 63.6 Å². The van der Waals surface area contributed by atoms with Crippen molar-refractivity contribution < 1.29 is 4.79 Å². The molecule has 0 saturated carbocycles. The Kier molecular flexibility index (Phi) is 6.01. The topological polar surface area (TPSA) is 32.3 Å². The first-order valence-electron chi connectivity index (χ1n) is 8.58. The van der Waals surface area contributed by atoms with E-state index >= 15 is 0 Å². The number of hydrogen-bond donors (Lipinski definition) is 1. The zero-order valence-electron chi connectivity index (χ0n) is 14.4. The predicted molar refractivity (Wildman–Crippen MR) is 91.9 cm³/mol. The van der Waals surface area contributed by atoms with Crippen LogP contribution in [0.4, 0.5) is 0 Å². The van der Waals surface area contributed by atoms with Gasteiger partial charge in [-0.25, -0.2) is 0 Å². The Labute approximate surface area is 135 Å². The van der Waals surface area contributed by atoms with E-state index < -0.39 is 0 Å². The third-order valence-corrected chi connectivity index (χ3v) is 4.67. The van der Waals surface area contributed by atoms with Crippen molar-refractivity contribution in [2.75, 3.05) is 19.6 Å². The van der Waals surface area contributed by atoms with Gasteiger partial charge in [0, 0.05) is 19.1 Å². The van der Waals surface area contributed by atoms with Gasteiger partial charge in [0.1, 0.15) is 0 Å². The predicted octanol–water partition coefficient (Wildman–Crippen LogP) is 3.72. The van der Waals surface area contributed by atoms with E-state index in [0.29, 0.717) is 18.4 Å². The van der Waals surface area contributed by atoms with Crippen molar-refractivity contribution in [3.8, 4) is 0 Å². The van der Waals surface area contributed by atoms with Crippen molar-refractivity contribution in [3.05, 3.63) is 35.4 Å². The van der Waals surface area contributed by atoms with E-state index in [0.717, 1.165) is 19.5 Å². The molecule has 22 heavy (non-hydrogen) atoms. The van der Waals surface area contributed by atoms with Crippen LogP contribution in [0.3, 0.4) is 0 Å². The Morgan fingerprint density at radius 2 is 1.86 bits per heavy atom. The molecule has 1 saturated heterocycles. The van der Waals surface area contributed by atoms with E-state index in [9.17, 15) is 4.79 Å². The van der Waals surface area contributed by atoms with E-state index in [1.807, 2.05) is 4.90 Å². The van der Waals surface area contributed by atoms with Crippen LogP contribution in [-0.2, 0) is 4.79 Å². The Hall–Kier alpha value is -1.35. The van der Waals surface area contributed by atoms with E-state index in [1.165, 1.54) is 17.5 Å². The van der Waals surface area contributed by atoms with Crippen molar-refractivity contribution in [1.29, 1.82) is 0 Å². The average molecular weight is 302 g/mol. The molecule has 2 unspecified atom stereocenters. The monoisotopic (exact) mass is 302 g/mol. The Bertz CT molecular complexity index is 481. The van der Waals surface area contributed by atoms with Crippen LogP contribution in [0.5, 0.6) is 0 Å². The fraction of sp³-hybridized carbons (Fsp3) is 0.632. The number of carbonyl (C=O) groups is 1. The van der Waals surface area contributed by atoms with Crippen LogP contribution in [0.25, 0.3) is 0 Å². The van der Waals surface area contributed by atoms with Crippen LogP contribution in [0, 0.1) is 5.92 Å². The smallest absolute Gasteiger partial charge is 0.236 e. The van der Waals surface area contributed by atoms with Gasteiger partial charge in [-0.15, -0.1) is 0 Å². The van der Waals surface area contributed by atoms with Gasteiger partial charge in [-0.05, 0) is 42.7 Å². The number of carbonyl (C=O) groups excluding carboxylic acids is 1. The molecule has 0 bridgehead atoms. The van der Waals surface area contributed by atoms with Gasteiger partial charge in [0.2, 0.25) is 5.91 Å². The number of likely N-dealkylation sites (tertiary alicyclic amines) is 1. The number of nitrogens with one attached hydrogen (secondary N) is 1. The summed E-state index contributed by atoms with van der Waals surface area (Å²) in [5.74, 6) is 1.43. The number of nitrogens with zero attached hydrogens (tertiary/aromatic N) is 1. The molecule has 2 rings (SSSR count). The summed E-state index contributed by atoms with van der Waals surface area (Å²) in [6.45, 7) is 11.0. The molecule has 1 aromatic rings. The minimum absolute atomic E-state index is 0.201. The van der Waals surface area contributed by atoms with Crippen LogP contribution >= 0.6 is 0 Å². The average Bonchev–Trinajstić information content (AvgIpc) is 2.52. The first-order chi connectivity index (χ1) is 10.5. The van der Waals surface area contributed by atoms with Gasteiger partial charge in [0.05, 0.1) is 6.54 Å². The van der Waals surface area contributed by atoms with E-state index in [4.69, 9.17) is 0 Å². The Morgan fingerprint density at radius 1 is 1.23 bits per heavy atom. The van der Waals surface area contributed by atoms with Crippen molar-refractivity contribution in [2.24, 2.45) is 5.92 Å². The van der Waals surface area contributed by atoms with E-state index in [2.05, 4.69) is 57.3 Å². The lowest BCUT2D eigenvalue weighted by molar-refractivity contribution is -0.132. The van der Waals surface area contributed by atoms with Crippen LogP contribution < -0.4 is 5.32 Å². The van der Waals surface area contributed by atoms with Crippen LogP contribution in [0.15, 0.2) is 24.3 Å². The Balaban J connectivity index is 1.84. The number of hydrogen-bond acceptors (Lipinski definition) is 2. The molecule has 0 radical (unpaired) electrons. The van der Waals surface area contributed by atoms with Crippen molar-refractivity contribution in [1.82, 2.24) is 10.2 Å². The molecule has 1 aliphatic heterocycles. The fourth-order valence-corrected chi connectivity index (χ4v) is 3.06. The minimum atomic E-state index is 0.201. The summed E-state index contributed by atoms with van der Waals surface area (Å²) < 4.78 is 0. The van der Waals surface area contributed by atoms with E-state index in [1.54, 1.807) is 0 Å². The summed E-state index contributed by atoms with van der Waals surface area (Å²) in [6, 6.07) is 8.91. The SMILES string of the molecule is CC1CCCN(C(=O)CNC(C)c2ccc(C(C)C)cc2)C1. The maximum Gasteiger partial charge on any atom is 0.236 e. The van der Waals surface area contributed by atoms with Crippen LogP contribution in [0.2, 0.25) is 0 Å². The number of piperidine rings is 1. The highest BCUT2D eigenvalue weighted by atomic mass is 16.2. The largest absolute Gasteiger partial charge is 0.341 e. The molecular weight excluding hydrogens is 272 g/mol. The van der Waals surface area contributed by atoms with Crippen molar-refractivity contribution in [2.45, 2.75) is 52.5 Å².